The second-order valence-electron chi connectivity index (χ2n) is 2.51. The lowest BCUT2D eigenvalue weighted by atomic mass is 10.1. The van der Waals surface area contributed by atoms with Gasteiger partial charge >= 0.3 is 0 Å². The zero-order valence-corrected chi connectivity index (χ0v) is 8.27. The Morgan fingerprint density at radius 1 is 1.46 bits per heavy atom. The monoisotopic (exact) mass is 210 g/mol. The Balaban J connectivity index is 2.08. The van der Waals surface area contributed by atoms with Gasteiger partial charge in [-0.1, -0.05) is 4.49 Å². The van der Waals surface area contributed by atoms with Crippen LogP contribution in [0.1, 0.15) is 16.1 Å². The molecule has 0 radical (unpaired) electrons. The Morgan fingerprint density at radius 2 is 2.38 bits per heavy atom. The minimum Gasteiger partial charge on any atom is -0.294 e. The highest BCUT2D eigenvalue weighted by molar-refractivity contribution is 7.08. The summed E-state index contributed by atoms with van der Waals surface area (Å²) < 4.78 is 3.70. The Labute approximate surface area is 83.2 Å². The van der Waals surface area contributed by atoms with Gasteiger partial charge in [0.05, 0.1) is 12.1 Å². The van der Waals surface area contributed by atoms with E-state index in [0.29, 0.717) is 6.42 Å². The van der Waals surface area contributed by atoms with Gasteiger partial charge < -0.3 is 0 Å². The maximum absolute atomic E-state index is 11.5. The van der Waals surface area contributed by atoms with Crippen molar-refractivity contribution in [3.63, 3.8) is 0 Å². The summed E-state index contributed by atoms with van der Waals surface area (Å²) in [4.78, 5) is 11.5. The first-order valence-electron chi connectivity index (χ1n) is 3.67. The maximum atomic E-state index is 11.5. The number of hydrogen-bond acceptors (Lipinski definition) is 5. The van der Waals surface area contributed by atoms with Crippen molar-refractivity contribution in [1.29, 1.82) is 0 Å². The summed E-state index contributed by atoms with van der Waals surface area (Å²) in [5.41, 5.74) is 1.51. The lowest BCUT2D eigenvalue weighted by Gasteiger charge is -1.91. The topological polar surface area (TPSA) is 42.9 Å². The molecule has 0 aliphatic rings. The number of nitrogens with zero attached hydrogens (tertiary/aromatic N) is 2. The second-order valence-corrected chi connectivity index (χ2v) is 3.90. The van der Waals surface area contributed by atoms with Crippen molar-refractivity contribution in [3.8, 4) is 0 Å². The van der Waals surface area contributed by atoms with Crippen LogP contribution in [-0.4, -0.2) is 15.4 Å². The quantitative estimate of drug-likeness (QED) is 0.728. The molecule has 0 fully saturated rings. The van der Waals surface area contributed by atoms with Gasteiger partial charge in [0, 0.05) is 16.3 Å². The van der Waals surface area contributed by atoms with E-state index in [-0.39, 0.29) is 5.78 Å². The number of ketones is 1. The molecule has 0 saturated heterocycles. The molecule has 0 amide bonds. The van der Waals surface area contributed by atoms with Crippen LogP contribution in [0, 0.1) is 0 Å². The number of Topliss-reactive ketones (excluding diaryl/α,β-unsaturated/α-hetero) is 1. The van der Waals surface area contributed by atoms with Crippen molar-refractivity contribution >= 4 is 28.7 Å². The maximum Gasteiger partial charge on any atom is 0.169 e. The smallest absolute Gasteiger partial charge is 0.169 e. The van der Waals surface area contributed by atoms with E-state index in [0.717, 1.165) is 11.3 Å². The van der Waals surface area contributed by atoms with Gasteiger partial charge in [0.1, 0.15) is 0 Å². The third-order valence-corrected chi connectivity index (χ3v) is 2.83. The van der Waals surface area contributed by atoms with Crippen molar-refractivity contribution in [1.82, 2.24) is 9.59 Å². The van der Waals surface area contributed by atoms with E-state index in [1.165, 1.54) is 22.9 Å². The SMILES string of the molecule is O=C(Cc1csnn1)c1ccsc1. The van der Waals surface area contributed by atoms with Crippen molar-refractivity contribution in [2.45, 2.75) is 6.42 Å². The predicted octanol–water partition coefficient (Wildman–Crippen LogP) is 2.03. The van der Waals surface area contributed by atoms with Gasteiger partial charge in [-0.25, -0.2) is 0 Å². The second kappa shape index (κ2) is 3.76. The Hall–Kier alpha value is -1.07. The molecule has 0 aromatic carbocycles. The molecule has 2 aromatic heterocycles. The lowest BCUT2D eigenvalue weighted by Crippen LogP contribution is -2.02. The first-order chi connectivity index (χ1) is 6.36. The van der Waals surface area contributed by atoms with Crippen LogP contribution in [0.4, 0.5) is 0 Å². The van der Waals surface area contributed by atoms with Crippen molar-refractivity contribution < 1.29 is 4.79 Å². The molecule has 0 N–H and O–H groups in total. The molecule has 2 heterocycles. The van der Waals surface area contributed by atoms with E-state index in [1.54, 1.807) is 5.38 Å². The molecule has 2 aromatic rings. The standard InChI is InChI=1S/C8H6N2OS2/c11-8(6-1-2-12-4-6)3-7-5-13-10-9-7/h1-2,4-5H,3H2. The third-order valence-electron chi connectivity index (χ3n) is 1.59. The molecule has 0 unspecified atom stereocenters. The van der Waals surface area contributed by atoms with Gasteiger partial charge in [-0.05, 0) is 23.0 Å². The average molecular weight is 210 g/mol. The number of hydrogen-bond donors (Lipinski definition) is 0. The summed E-state index contributed by atoms with van der Waals surface area (Å²) in [7, 11) is 0. The molecule has 13 heavy (non-hydrogen) atoms. The molecule has 0 atom stereocenters. The summed E-state index contributed by atoms with van der Waals surface area (Å²) in [6, 6.07) is 1.83. The van der Waals surface area contributed by atoms with Gasteiger partial charge in [0.25, 0.3) is 0 Å². The Morgan fingerprint density at radius 3 is 3.00 bits per heavy atom. The van der Waals surface area contributed by atoms with Gasteiger partial charge in [0.15, 0.2) is 5.78 Å². The lowest BCUT2D eigenvalue weighted by molar-refractivity contribution is 0.0992. The number of rotatable bonds is 3. The first-order valence-corrected chi connectivity index (χ1v) is 5.45. The minimum atomic E-state index is 0.106. The number of carbonyl (C=O) groups excluding carboxylic acids is 1. The van der Waals surface area contributed by atoms with Gasteiger partial charge in [0.2, 0.25) is 0 Å². The van der Waals surface area contributed by atoms with Crippen molar-refractivity contribution in [2.75, 3.05) is 0 Å². The molecular formula is C8H6N2OS2. The highest BCUT2D eigenvalue weighted by atomic mass is 32.1. The summed E-state index contributed by atoms with van der Waals surface area (Å²) in [5, 5.41) is 9.36. The summed E-state index contributed by atoms with van der Waals surface area (Å²) in [6.45, 7) is 0. The number of thiophene rings is 1. The Kier molecular flexibility index (Phi) is 2.47. The summed E-state index contributed by atoms with van der Waals surface area (Å²) in [5.74, 6) is 0.106. The fourth-order valence-corrected chi connectivity index (χ4v) is 2.06. The molecule has 0 spiro atoms. The predicted molar refractivity (Wildman–Crippen MR) is 52.3 cm³/mol. The Bertz CT molecular complexity index is 380. The fourth-order valence-electron chi connectivity index (χ4n) is 0.951. The van der Waals surface area contributed by atoms with E-state index in [4.69, 9.17) is 0 Å². The van der Waals surface area contributed by atoms with Crippen molar-refractivity contribution in [3.05, 3.63) is 33.5 Å². The molecule has 5 heteroatoms. The zero-order valence-electron chi connectivity index (χ0n) is 6.64. The number of carbonyl (C=O) groups is 1. The van der Waals surface area contributed by atoms with Gasteiger partial charge in [-0.2, -0.15) is 11.3 Å². The normalized spacial score (nSPS) is 10.2. The minimum absolute atomic E-state index is 0.106. The van der Waals surface area contributed by atoms with Crippen LogP contribution in [0.3, 0.4) is 0 Å². The molecule has 2 rings (SSSR count). The van der Waals surface area contributed by atoms with Crippen molar-refractivity contribution in [2.24, 2.45) is 0 Å². The largest absolute Gasteiger partial charge is 0.294 e. The summed E-state index contributed by atoms with van der Waals surface area (Å²) >= 11 is 2.79. The van der Waals surface area contributed by atoms with Crippen LogP contribution in [0.5, 0.6) is 0 Å². The van der Waals surface area contributed by atoms with Gasteiger partial charge in [-0.3, -0.25) is 4.79 Å². The summed E-state index contributed by atoms with van der Waals surface area (Å²) in [6.07, 6.45) is 0.354. The van der Waals surface area contributed by atoms with Crippen LogP contribution in [0.25, 0.3) is 0 Å². The van der Waals surface area contributed by atoms with E-state index in [9.17, 15) is 4.79 Å². The first kappa shape index (κ1) is 8.52. The zero-order chi connectivity index (χ0) is 9.10. The van der Waals surface area contributed by atoms with Crippen LogP contribution in [0.15, 0.2) is 22.2 Å². The van der Waals surface area contributed by atoms with Gasteiger partial charge in [-0.15, -0.1) is 5.10 Å². The highest BCUT2D eigenvalue weighted by Gasteiger charge is 2.08. The molecular weight excluding hydrogens is 204 g/mol. The fraction of sp³-hybridized carbons (Fsp3) is 0.125. The van der Waals surface area contributed by atoms with E-state index in [2.05, 4.69) is 9.59 Å². The molecule has 66 valence electrons. The van der Waals surface area contributed by atoms with E-state index >= 15 is 0 Å². The third kappa shape index (κ3) is 1.99. The number of aromatic nitrogens is 2. The molecule has 0 aliphatic heterocycles. The van der Waals surface area contributed by atoms with E-state index in [1.807, 2.05) is 16.8 Å². The van der Waals surface area contributed by atoms with Crippen LogP contribution in [0.2, 0.25) is 0 Å². The highest BCUT2D eigenvalue weighted by Crippen LogP contribution is 2.10. The van der Waals surface area contributed by atoms with Crippen LogP contribution in [-0.2, 0) is 6.42 Å². The molecule has 3 nitrogen and oxygen atoms in total. The molecule has 0 aliphatic carbocycles. The molecule has 0 saturated carbocycles. The molecule has 0 bridgehead atoms. The van der Waals surface area contributed by atoms with Crippen LogP contribution < -0.4 is 0 Å². The van der Waals surface area contributed by atoms with Crippen LogP contribution >= 0.6 is 22.9 Å². The van der Waals surface area contributed by atoms with E-state index < -0.39 is 0 Å². The average Bonchev–Trinajstić information content (AvgIpc) is 2.74.